The molecule has 5 rings (SSSR count). The van der Waals surface area contributed by atoms with Gasteiger partial charge >= 0.3 is 0 Å². The topological polar surface area (TPSA) is 66.8 Å². The number of carbonyl (C=O) groups is 1. The standard InChI is InChI=1S/C32H40O4/c1-30(2,3)22-10-7-20(8-11-22)26-19-31(4)27(18-28(34)32(31,35)15-6-16-36-5)25-13-9-21-17-23(33)12-14-24(21)29(25)26/h7-8,10-11,17,25-28,34-35H,9,12-14,16,18-19H2,1-5H3/t25-,26+,27-,28+,31-,32+/m0/s1. The van der Waals surface area contributed by atoms with Crippen LogP contribution in [0.25, 0.3) is 0 Å². The van der Waals surface area contributed by atoms with Gasteiger partial charge in [-0.1, -0.05) is 69.4 Å². The number of benzene rings is 1. The van der Waals surface area contributed by atoms with Crippen LogP contribution >= 0.6 is 0 Å². The number of aliphatic hydroxyl groups excluding tert-OH is 1. The molecule has 4 aliphatic carbocycles. The average molecular weight is 489 g/mol. The van der Waals surface area contributed by atoms with E-state index in [0.29, 0.717) is 12.8 Å². The van der Waals surface area contributed by atoms with E-state index in [4.69, 9.17) is 4.74 Å². The van der Waals surface area contributed by atoms with Crippen molar-refractivity contribution in [3.05, 3.63) is 58.2 Å². The maximum atomic E-state index is 12.3. The highest BCUT2D eigenvalue weighted by atomic mass is 16.5. The smallest absolute Gasteiger partial charge is 0.156 e. The lowest BCUT2D eigenvalue weighted by atomic mass is 9.51. The van der Waals surface area contributed by atoms with Crippen LogP contribution in [0.5, 0.6) is 0 Å². The lowest BCUT2D eigenvalue weighted by Crippen LogP contribution is -2.54. The summed E-state index contributed by atoms with van der Waals surface area (Å²) in [4.78, 5) is 12.3. The minimum absolute atomic E-state index is 0.0732. The zero-order valence-corrected chi connectivity index (χ0v) is 22.4. The molecule has 2 N–H and O–H groups in total. The van der Waals surface area contributed by atoms with Crippen LogP contribution in [0.2, 0.25) is 0 Å². The van der Waals surface area contributed by atoms with Crippen LogP contribution in [0, 0.1) is 29.1 Å². The van der Waals surface area contributed by atoms with Gasteiger partial charge in [0.05, 0.1) is 6.10 Å². The number of fused-ring (bicyclic) bond motifs is 4. The normalized spacial score (nSPS) is 35.9. The molecule has 0 bridgehead atoms. The van der Waals surface area contributed by atoms with Crippen LogP contribution in [-0.2, 0) is 14.9 Å². The van der Waals surface area contributed by atoms with Crippen LogP contribution in [0.15, 0.2) is 47.1 Å². The summed E-state index contributed by atoms with van der Waals surface area (Å²) in [6.45, 7) is 9.05. The molecule has 0 unspecified atom stereocenters. The Morgan fingerprint density at radius 1 is 1.14 bits per heavy atom. The van der Waals surface area contributed by atoms with Gasteiger partial charge in [0.25, 0.3) is 0 Å². The first kappa shape index (κ1) is 25.5. The van der Waals surface area contributed by atoms with E-state index in [1.54, 1.807) is 7.11 Å². The second kappa shape index (κ2) is 8.98. The number of aliphatic hydroxyl groups is 2. The molecular weight excluding hydrogens is 448 g/mol. The molecule has 0 spiro atoms. The van der Waals surface area contributed by atoms with Gasteiger partial charge in [0.15, 0.2) is 11.4 Å². The predicted molar refractivity (Wildman–Crippen MR) is 141 cm³/mol. The van der Waals surface area contributed by atoms with E-state index >= 15 is 0 Å². The summed E-state index contributed by atoms with van der Waals surface area (Å²) in [5.41, 5.74) is 4.62. The van der Waals surface area contributed by atoms with Gasteiger partial charge in [-0.15, -0.1) is 0 Å². The van der Waals surface area contributed by atoms with Crippen molar-refractivity contribution in [3.8, 4) is 11.8 Å². The Bertz CT molecular complexity index is 1170. The molecule has 0 aliphatic heterocycles. The van der Waals surface area contributed by atoms with E-state index in [0.717, 1.165) is 25.7 Å². The Balaban J connectivity index is 1.66. The second-order valence-corrected chi connectivity index (χ2v) is 12.6. The van der Waals surface area contributed by atoms with Gasteiger partial charge in [0.2, 0.25) is 0 Å². The number of ether oxygens (including phenoxy) is 1. The van der Waals surface area contributed by atoms with Crippen molar-refractivity contribution in [1.29, 1.82) is 0 Å². The third kappa shape index (κ3) is 3.92. The fourth-order valence-electron chi connectivity index (χ4n) is 7.66. The first-order valence-electron chi connectivity index (χ1n) is 13.5. The Morgan fingerprint density at radius 3 is 2.53 bits per heavy atom. The fraction of sp³-hybridized carbons (Fsp3) is 0.594. The fourth-order valence-corrected chi connectivity index (χ4v) is 7.66. The highest BCUT2D eigenvalue weighted by Gasteiger charge is 2.66. The minimum atomic E-state index is -1.48. The molecule has 4 nitrogen and oxygen atoms in total. The van der Waals surface area contributed by atoms with Crippen LogP contribution in [-0.4, -0.2) is 41.4 Å². The van der Waals surface area contributed by atoms with Crippen molar-refractivity contribution in [1.82, 2.24) is 0 Å². The van der Waals surface area contributed by atoms with Gasteiger partial charge in [0.1, 0.15) is 6.61 Å². The number of allylic oxidation sites excluding steroid dienone is 4. The number of hydrogen-bond acceptors (Lipinski definition) is 4. The van der Waals surface area contributed by atoms with Crippen molar-refractivity contribution in [2.24, 2.45) is 17.3 Å². The number of hydrogen-bond donors (Lipinski definition) is 2. The molecule has 192 valence electrons. The number of rotatable bonds is 2. The molecule has 0 heterocycles. The molecular formula is C32H40O4. The van der Waals surface area contributed by atoms with E-state index in [1.807, 2.05) is 6.08 Å². The lowest BCUT2D eigenvalue weighted by Gasteiger charge is -2.53. The zero-order chi connectivity index (χ0) is 25.9. The third-order valence-corrected chi connectivity index (χ3v) is 9.63. The second-order valence-electron chi connectivity index (χ2n) is 12.6. The molecule has 2 fully saturated rings. The monoisotopic (exact) mass is 488 g/mol. The molecule has 6 atom stereocenters. The van der Waals surface area contributed by atoms with Crippen LogP contribution in [0.4, 0.5) is 0 Å². The SMILES string of the molecule is COCC#C[C@@]1(O)[C@H](O)C[C@H]2[C@@H]3CCC4=CC(=O)CCC4=C3[C@@H](c3ccc(C(C)(C)C)cc3)C[C@@]21C. The Hall–Kier alpha value is -2.19. The number of carbonyl (C=O) groups excluding carboxylic acids is 1. The van der Waals surface area contributed by atoms with E-state index < -0.39 is 17.1 Å². The summed E-state index contributed by atoms with van der Waals surface area (Å²) in [6, 6.07) is 8.99. The molecule has 0 saturated heterocycles. The van der Waals surface area contributed by atoms with Crippen LogP contribution in [0.3, 0.4) is 0 Å². The summed E-state index contributed by atoms with van der Waals surface area (Å²) in [6.07, 6.45) is 5.46. The van der Waals surface area contributed by atoms with E-state index in [2.05, 4.69) is 63.8 Å². The van der Waals surface area contributed by atoms with Crippen LogP contribution in [0.1, 0.15) is 83.3 Å². The first-order valence-corrected chi connectivity index (χ1v) is 13.5. The van der Waals surface area contributed by atoms with Gasteiger partial charge < -0.3 is 14.9 Å². The van der Waals surface area contributed by atoms with E-state index in [1.165, 1.54) is 27.8 Å². The van der Waals surface area contributed by atoms with Crippen molar-refractivity contribution >= 4 is 5.78 Å². The largest absolute Gasteiger partial charge is 0.389 e. The van der Waals surface area contributed by atoms with Crippen molar-refractivity contribution < 1.29 is 19.7 Å². The van der Waals surface area contributed by atoms with Crippen LogP contribution < -0.4 is 0 Å². The highest BCUT2D eigenvalue weighted by Crippen LogP contribution is 2.66. The van der Waals surface area contributed by atoms with Crippen molar-refractivity contribution in [2.75, 3.05) is 13.7 Å². The molecule has 1 aromatic rings. The van der Waals surface area contributed by atoms with Gasteiger partial charge in [-0.3, -0.25) is 4.79 Å². The van der Waals surface area contributed by atoms with E-state index in [9.17, 15) is 15.0 Å². The minimum Gasteiger partial charge on any atom is -0.389 e. The molecule has 4 aliphatic rings. The first-order chi connectivity index (χ1) is 17.0. The Labute approximate surface area is 215 Å². The van der Waals surface area contributed by atoms with Gasteiger partial charge in [0, 0.05) is 24.9 Å². The summed E-state index contributed by atoms with van der Waals surface area (Å²) in [5.74, 6) is 6.80. The third-order valence-electron chi connectivity index (χ3n) is 9.63. The Morgan fingerprint density at radius 2 is 1.86 bits per heavy atom. The average Bonchev–Trinajstić information content (AvgIpc) is 3.03. The molecule has 36 heavy (non-hydrogen) atoms. The summed E-state index contributed by atoms with van der Waals surface area (Å²) < 4.78 is 5.13. The quantitative estimate of drug-likeness (QED) is 0.559. The molecule has 0 aromatic heterocycles. The van der Waals surface area contributed by atoms with Gasteiger partial charge in [-0.05, 0) is 77.7 Å². The number of ketones is 1. The maximum absolute atomic E-state index is 12.3. The number of methoxy groups -OCH3 is 1. The summed E-state index contributed by atoms with van der Waals surface area (Å²) >= 11 is 0. The molecule has 0 radical (unpaired) electrons. The lowest BCUT2D eigenvalue weighted by molar-refractivity contribution is -0.114. The molecule has 2 saturated carbocycles. The van der Waals surface area contributed by atoms with Crippen molar-refractivity contribution in [2.45, 2.75) is 89.3 Å². The summed E-state index contributed by atoms with van der Waals surface area (Å²) in [5, 5.41) is 23.2. The zero-order valence-electron chi connectivity index (χ0n) is 22.4. The maximum Gasteiger partial charge on any atom is 0.156 e. The van der Waals surface area contributed by atoms with Gasteiger partial charge in [-0.2, -0.15) is 0 Å². The van der Waals surface area contributed by atoms with Crippen molar-refractivity contribution in [3.63, 3.8) is 0 Å². The molecule has 4 heteroatoms. The summed E-state index contributed by atoms with van der Waals surface area (Å²) in [7, 11) is 1.59. The Kier molecular flexibility index (Phi) is 6.35. The predicted octanol–water partition coefficient (Wildman–Crippen LogP) is 5.24. The highest BCUT2D eigenvalue weighted by molar-refractivity contribution is 5.93. The molecule has 1 aromatic carbocycles. The molecule has 0 amide bonds. The van der Waals surface area contributed by atoms with Gasteiger partial charge in [-0.25, -0.2) is 0 Å². The van der Waals surface area contributed by atoms with E-state index in [-0.39, 0.29) is 35.6 Å².